The number of halogens is 4. The summed E-state index contributed by atoms with van der Waals surface area (Å²) >= 11 is 0. The molecule has 1 heterocycles. The smallest absolute Gasteiger partial charge is 0.420 e. The van der Waals surface area contributed by atoms with Crippen molar-refractivity contribution in [1.29, 1.82) is 0 Å². The number of nitrogens with one attached hydrogen (secondary N) is 1. The maximum Gasteiger partial charge on any atom is 0.420 e. The molecule has 2 rings (SSSR count). The number of hydrogen-bond donors (Lipinski definition) is 1. The highest BCUT2D eigenvalue weighted by atomic mass is 19.4. The molecule has 1 aromatic heterocycles. The predicted molar refractivity (Wildman–Crippen MR) is 72.0 cm³/mol. The van der Waals surface area contributed by atoms with E-state index in [4.69, 9.17) is 9.47 Å². The molecule has 5 nitrogen and oxygen atoms in total. The Morgan fingerprint density at radius 2 is 1.96 bits per heavy atom. The molecule has 0 atom stereocenters. The van der Waals surface area contributed by atoms with Gasteiger partial charge in [0.2, 0.25) is 18.2 Å². The van der Waals surface area contributed by atoms with Gasteiger partial charge in [-0.05, 0) is 18.2 Å². The first-order chi connectivity index (χ1) is 10.8. The van der Waals surface area contributed by atoms with E-state index >= 15 is 0 Å². The van der Waals surface area contributed by atoms with E-state index in [1.54, 1.807) is 0 Å². The zero-order chi connectivity index (χ0) is 17.0. The number of amides is 1. The van der Waals surface area contributed by atoms with Gasteiger partial charge in [0, 0.05) is 12.1 Å². The highest BCUT2D eigenvalue weighted by Gasteiger charge is 2.35. The van der Waals surface area contributed by atoms with Crippen LogP contribution in [0.4, 0.5) is 23.2 Å². The van der Waals surface area contributed by atoms with Crippen molar-refractivity contribution in [3.63, 3.8) is 0 Å². The molecule has 0 aliphatic carbocycles. The number of hydrogen-bond acceptors (Lipinski definition) is 4. The summed E-state index contributed by atoms with van der Waals surface area (Å²) in [5.41, 5.74) is -1.21. The number of carbonyl (C=O) groups excluding carboxylic acids is 1. The Morgan fingerprint density at radius 3 is 2.52 bits per heavy atom. The lowest BCUT2D eigenvalue weighted by Crippen LogP contribution is -2.09. The third kappa shape index (κ3) is 3.87. The first kappa shape index (κ1) is 16.5. The number of rotatable bonds is 5. The molecule has 2 aromatic rings. The number of aromatic nitrogens is 1. The van der Waals surface area contributed by atoms with E-state index in [2.05, 4.69) is 10.3 Å². The summed E-state index contributed by atoms with van der Waals surface area (Å²) in [7, 11) is 1.39. The second-order valence-corrected chi connectivity index (χ2v) is 4.21. The minimum Gasteiger partial charge on any atom is -0.495 e. The Labute approximate surface area is 127 Å². The van der Waals surface area contributed by atoms with Crippen molar-refractivity contribution in [3.8, 4) is 17.4 Å². The van der Waals surface area contributed by atoms with Gasteiger partial charge in [-0.3, -0.25) is 4.79 Å². The lowest BCUT2D eigenvalue weighted by molar-refractivity contribution is -0.140. The third-order valence-electron chi connectivity index (χ3n) is 2.74. The van der Waals surface area contributed by atoms with Crippen LogP contribution in [0.2, 0.25) is 0 Å². The molecular weight excluding hydrogens is 320 g/mol. The monoisotopic (exact) mass is 330 g/mol. The van der Waals surface area contributed by atoms with Crippen molar-refractivity contribution in [3.05, 3.63) is 41.8 Å². The van der Waals surface area contributed by atoms with Crippen molar-refractivity contribution in [2.24, 2.45) is 0 Å². The van der Waals surface area contributed by atoms with Crippen LogP contribution in [0.25, 0.3) is 0 Å². The number of alkyl halides is 3. The second-order valence-electron chi connectivity index (χ2n) is 4.21. The van der Waals surface area contributed by atoms with Crippen LogP contribution in [-0.2, 0) is 11.0 Å². The summed E-state index contributed by atoms with van der Waals surface area (Å²) < 4.78 is 60.9. The second kappa shape index (κ2) is 6.51. The Balaban J connectivity index is 2.27. The van der Waals surface area contributed by atoms with Gasteiger partial charge in [0.05, 0.1) is 12.8 Å². The molecule has 1 aromatic carbocycles. The fourth-order valence-corrected chi connectivity index (χ4v) is 1.73. The molecule has 9 heteroatoms. The standard InChI is InChI=1S/C14H10F4N2O3/c1-22-11-4-2-8(6-10(11)19-7-21)23-12-5-3-9(13(15)20-12)14(16,17)18/h2-7H,1H3,(H,19,21). The maximum absolute atomic E-state index is 13.4. The van der Waals surface area contributed by atoms with Gasteiger partial charge in [0.25, 0.3) is 0 Å². The van der Waals surface area contributed by atoms with Crippen LogP contribution < -0.4 is 14.8 Å². The number of nitrogens with zero attached hydrogens (tertiary/aromatic N) is 1. The van der Waals surface area contributed by atoms with Crippen LogP contribution >= 0.6 is 0 Å². The highest BCUT2D eigenvalue weighted by Crippen LogP contribution is 2.34. The van der Waals surface area contributed by atoms with E-state index in [0.29, 0.717) is 18.2 Å². The van der Waals surface area contributed by atoms with E-state index in [1.807, 2.05) is 0 Å². The number of carbonyl (C=O) groups is 1. The molecule has 0 saturated heterocycles. The van der Waals surface area contributed by atoms with E-state index in [-0.39, 0.29) is 17.3 Å². The molecule has 0 radical (unpaired) electrons. The zero-order valence-corrected chi connectivity index (χ0v) is 11.6. The van der Waals surface area contributed by atoms with Gasteiger partial charge < -0.3 is 14.8 Å². The Bertz CT molecular complexity index is 720. The van der Waals surface area contributed by atoms with Crippen molar-refractivity contribution in [2.45, 2.75) is 6.18 Å². The van der Waals surface area contributed by atoms with Gasteiger partial charge in [-0.1, -0.05) is 0 Å². The van der Waals surface area contributed by atoms with E-state index in [9.17, 15) is 22.4 Å². The molecule has 1 N–H and O–H groups in total. The predicted octanol–water partition coefficient (Wildman–Crippen LogP) is 3.61. The molecule has 0 saturated carbocycles. The van der Waals surface area contributed by atoms with Crippen LogP contribution in [0.5, 0.6) is 17.4 Å². The molecule has 1 amide bonds. The van der Waals surface area contributed by atoms with Crippen molar-refractivity contribution < 1.29 is 31.8 Å². The molecule has 0 spiro atoms. The molecular formula is C14H10F4N2O3. The van der Waals surface area contributed by atoms with Gasteiger partial charge >= 0.3 is 6.18 Å². The summed E-state index contributed by atoms with van der Waals surface area (Å²) in [5, 5.41) is 2.36. The molecule has 0 fully saturated rings. The van der Waals surface area contributed by atoms with Crippen LogP contribution in [0, 0.1) is 5.95 Å². The first-order valence-electron chi connectivity index (χ1n) is 6.15. The van der Waals surface area contributed by atoms with E-state index in [0.717, 1.165) is 6.07 Å². The molecule has 0 bridgehead atoms. The lowest BCUT2D eigenvalue weighted by atomic mass is 10.2. The van der Waals surface area contributed by atoms with Crippen LogP contribution in [-0.4, -0.2) is 18.5 Å². The van der Waals surface area contributed by atoms with Gasteiger partial charge in [0.1, 0.15) is 17.1 Å². The van der Waals surface area contributed by atoms with Gasteiger partial charge in [-0.2, -0.15) is 22.5 Å². The van der Waals surface area contributed by atoms with Crippen LogP contribution in [0.3, 0.4) is 0 Å². The summed E-state index contributed by atoms with van der Waals surface area (Å²) in [4.78, 5) is 13.6. The van der Waals surface area contributed by atoms with Crippen LogP contribution in [0.15, 0.2) is 30.3 Å². The number of benzene rings is 1. The molecule has 122 valence electrons. The summed E-state index contributed by atoms with van der Waals surface area (Å²) in [6.45, 7) is 0. The Morgan fingerprint density at radius 1 is 1.22 bits per heavy atom. The highest BCUT2D eigenvalue weighted by molar-refractivity contribution is 5.76. The van der Waals surface area contributed by atoms with E-state index in [1.165, 1.54) is 25.3 Å². The summed E-state index contributed by atoms with van der Waals surface area (Å²) in [6.07, 6.45) is -4.42. The number of anilines is 1. The topological polar surface area (TPSA) is 60.5 Å². The van der Waals surface area contributed by atoms with Crippen molar-refractivity contribution >= 4 is 12.1 Å². The quantitative estimate of drug-likeness (QED) is 0.517. The largest absolute Gasteiger partial charge is 0.495 e. The number of ether oxygens (including phenoxy) is 2. The summed E-state index contributed by atoms with van der Waals surface area (Å²) in [5.74, 6) is -1.58. The summed E-state index contributed by atoms with van der Waals surface area (Å²) in [6, 6.07) is 5.66. The zero-order valence-electron chi connectivity index (χ0n) is 11.6. The fraction of sp³-hybridized carbons (Fsp3) is 0.143. The Hall–Kier alpha value is -2.84. The molecule has 0 aliphatic rings. The Kier molecular flexibility index (Phi) is 4.68. The minimum absolute atomic E-state index is 0.127. The SMILES string of the molecule is COc1ccc(Oc2ccc(C(F)(F)F)c(F)n2)cc1NC=O. The minimum atomic E-state index is -4.84. The maximum atomic E-state index is 13.4. The first-order valence-corrected chi connectivity index (χ1v) is 6.15. The molecule has 0 unspecified atom stereocenters. The lowest BCUT2D eigenvalue weighted by Gasteiger charge is -2.11. The molecule has 23 heavy (non-hydrogen) atoms. The normalized spacial score (nSPS) is 11.0. The average Bonchev–Trinajstić information content (AvgIpc) is 2.46. The number of pyridine rings is 1. The van der Waals surface area contributed by atoms with E-state index < -0.39 is 17.7 Å². The van der Waals surface area contributed by atoms with Crippen LogP contribution in [0.1, 0.15) is 5.56 Å². The average molecular weight is 330 g/mol. The van der Waals surface area contributed by atoms with Gasteiger partial charge in [0.15, 0.2) is 0 Å². The number of methoxy groups -OCH3 is 1. The van der Waals surface area contributed by atoms with Gasteiger partial charge in [-0.15, -0.1) is 0 Å². The fourth-order valence-electron chi connectivity index (χ4n) is 1.73. The third-order valence-corrected chi connectivity index (χ3v) is 2.74. The van der Waals surface area contributed by atoms with Crippen molar-refractivity contribution in [2.75, 3.05) is 12.4 Å². The van der Waals surface area contributed by atoms with Crippen molar-refractivity contribution in [1.82, 2.24) is 4.98 Å². The van der Waals surface area contributed by atoms with Gasteiger partial charge in [-0.25, -0.2) is 0 Å². The molecule has 0 aliphatic heterocycles.